The standard InChI is InChI=1S/C18H24N4OS/c1-11(9-16(19)21-12-5-7-22(2)10-12)17(20)14-3-4-15-13(18(14)23)6-8-24-15/h3-4,6,8-9,12,21,23H,5,7,10,19-20H2,1-2H3/b16-9+,17-11-. The molecule has 1 aromatic heterocycles. The Bertz CT molecular complexity index is 808. The molecular formula is C18H24N4OS. The lowest BCUT2D eigenvalue weighted by Crippen LogP contribution is -2.34. The van der Waals surface area contributed by atoms with Gasteiger partial charge in [0.25, 0.3) is 0 Å². The lowest BCUT2D eigenvalue weighted by atomic mass is 10.0. The van der Waals surface area contributed by atoms with Crippen LogP contribution in [0.4, 0.5) is 0 Å². The van der Waals surface area contributed by atoms with Crippen molar-refractivity contribution >= 4 is 27.1 Å². The topological polar surface area (TPSA) is 87.5 Å². The highest BCUT2D eigenvalue weighted by Crippen LogP contribution is 2.35. The molecule has 1 atom stereocenters. The van der Waals surface area contributed by atoms with E-state index in [2.05, 4.69) is 17.3 Å². The summed E-state index contributed by atoms with van der Waals surface area (Å²) in [7, 11) is 2.11. The summed E-state index contributed by atoms with van der Waals surface area (Å²) >= 11 is 1.60. The van der Waals surface area contributed by atoms with Crippen LogP contribution in [0.1, 0.15) is 18.9 Å². The molecule has 24 heavy (non-hydrogen) atoms. The van der Waals surface area contributed by atoms with Crippen LogP contribution in [0.5, 0.6) is 5.75 Å². The maximum atomic E-state index is 10.5. The van der Waals surface area contributed by atoms with Crippen molar-refractivity contribution in [1.82, 2.24) is 10.2 Å². The smallest absolute Gasteiger partial charge is 0.133 e. The van der Waals surface area contributed by atoms with Gasteiger partial charge in [-0.25, -0.2) is 0 Å². The zero-order valence-corrected chi connectivity index (χ0v) is 14.9. The van der Waals surface area contributed by atoms with Crippen LogP contribution in [0.3, 0.4) is 0 Å². The molecule has 6 N–H and O–H groups in total. The molecule has 1 fully saturated rings. The molecule has 5 nitrogen and oxygen atoms in total. The van der Waals surface area contributed by atoms with Gasteiger partial charge in [-0.1, -0.05) is 0 Å². The summed E-state index contributed by atoms with van der Waals surface area (Å²) in [5, 5.41) is 16.6. The molecule has 3 rings (SSSR count). The van der Waals surface area contributed by atoms with E-state index in [4.69, 9.17) is 11.5 Å². The first-order chi connectivity index (χ1) is 11.5. The summed E-state index contributed by atoms with van der Waals surface area (Å²) in [6, 6.07) is 6.12. The predicted octanol–water partition coefficient (Wildman–Crippen LogP) is 2.39. The van der Waals surface area contributed by atoms with Gasteiger partial charge in [-0.05, 0) is 62.2 Å². The maximum Gasteiger partial charge on any atom is 0.133 e. The fourth-order valence-electron chi connectivity index (χ4n) is 3.10. The number of phenolic OH excluding ortho intramolecular Hbond substituents is 1. The minimum Gasteiger partial charge on any atom is -0.507 e. The maximum absolute atomic E-state index is 10.5. The van der Waals surface area contributed by atoms with E-state index in [-0.39, 0.29) is 5.75 Å². The highest BCUT2D eigenvalue weighted by molar-refractivity contribution is 7.17. The summed E-state index contributed by atoms with van der Waals surface area (Å²) in [5.74, 6) is 0.829. The fraction of sp³-hybridized carbons (Fsp3) is 0.333. The number of aromatic hydroxyl groups is 1. The molecule has 0 bridgehead atoms. The molecule has 0 spiro atoms. The van der Waals surface area contributed by atoms with Crippen molar-refractivity contribution in [2.75, 3.05) is 20.1 Å². The lowest BCUT2D eigenvalue weighted by molar-refractivity contribution is 0.403. The largest absolute Gasteiger partial charge is 0.507 e. The Morgan fingerprint density at radius 3 is 2.88 bits per heavy atom. The number of hydrogen-bond acceptors (Lipinski definition) is 6. The van der Waals surface area contributed by atoms with Crippen LogP contribution in [0.2, 0.25) is 0 Å². The van der Waals surface area contributed by atoms with Crippen LogP contribution in [-0.4, -0.2) is 36.2 Å². The number of nitrogens with zero attached hydrogens (tertiary/aromatic N) is 1. The van der Waals surface area contributed by atoms with Crippen LogP contribution in [-0.2, 0) is 0 Å². The molecule has 0 radical (unpaired) electrons. The minimum atomic E-state index is 0.225. The number of hydrogen-bond donors (Lipinski definition) is 4. The van der Waals surface area contributed by atoms with Crippen molar-refractivity contribution in [3.05, 3.63) is 46.6 Å². The van der Waals surface area contributed by atoms with Gasteiger partial charge >= 0.3 is 0 Å². The molecule has 1 aromatic carbocycles. The number of allylic oxidation sites excluding steroid dienone is 2. The summed E-state index contributed by atoms with van der Waals surface area (Å²) in [4.78, 5) is 2.27. The number of nitrogens with one attached hydrogen (secondary N) is 1. The minimum absolute atomic E-state index is 0.225. The molecule has 1 saturated heterocycles. The number of benzene rings is 1. The summed E-state index contributed by atoms with van der Waals surface area (Å²) in [5.41, 5.74) is 14.4. The van der Waals surface area contributed by atoms with Crippen molar-refractivity contribution < 1.29 is 5.11 Å². The molecule has 2 heterocycles. The zero-order valence-electron chi connectivity index (χ0n) is 14.0. The SMILES string of the molecule is CC(/C=C(\N)NC1CCN(C)C1)=C(/N)c1ccc2sccc2c1O. The first-order valence-corrected chi connectivity index (χ1v) is 8.92. The molecule has 1 aliphatic heterocycles. The number of nitrogens with two attached hydrogens (primary N) is 2. The zero-order chi connectivity index (χ0) is 17.3. The van der Waals surface area contributed by atoms with E-state index < -0.39 is 0 Å². The van der Waals surface area contributed by atoms with E-state index in [1.54, 1.807) is 11.3 Å². The summed E-state index contributed by atoms with van der Waals surface area (Å²) in [6.45, 7) is 3.97. The molecule has 6 heteroatoms. The van der Waals surface area contributed by atoms with Gasteiger partial charge in [0.1, 0.15) is 5.75 Å². The van der Waals surface area contributed by atoms with Gasteiger partial charge in [-0.15, -0.1) is 11.3 Å². The first kappa shape index (κ1) is 16.7. The Morgan fingerprint density at radius 1 is 1.38 bits per heavy atom. The summed E-state index contributed by atoms with van der Waals surface area (Å²) in [6.07, 6.45) is 2.92. The average Bonchev–Trinajstić information content (AvgIpc) is 3.16. The Balaban J connectivity index is 1.83. The second kappa shape index (κ2) is 6.75. The molecule has 1 unspecified atom stereocenters. The Kier molecular flexibility index (Phi) is 4.69. The van der Waals surface area contributed by atoms with Crippen molar-refractivity contribution in [3.8, 4) is 5.75 Å². The van der Waals surface area contributed by atoms with Gasteiger partial charge in [0.2, 0.25) is 0 Å². The molecule has 0 amide bonds. The Morgan fingerprint density at radius 2 is 2.17 bits per heavy atom. The third-order valence-electron chi connectivity index (χ3n) is 4.46. The van der Waals surface area contributed by atoms with Crippen LogP contribution >= 0.6 is 11.3 Å². The highest BCUT2D eigenvalue weighted by Gasteiger charge is 2.19. The van der Waals surface area contributed by atoms with Crippen LogP contribution in [0, 0.1) is 0 Å². The van der Waals surface area contributed by atoms with Gasteiger partial charge in [0.05, 0.1) is 5.82 Å². The van der Waals surface area contributed by atoms with Crippen LogP contribution < -0.4 is 16.8 Å². The van der Waals surface area contributed by atoms with E-state index in [0.29, 0.717) is 23.1 Å². The second-order valence-corrected chi connectivity index (χ2v) is 7.33. The van der Waals surface area contributed by atoms with Gasteiger partial charge in [-0.2, -0.15) is 0 Å². The van der Waals surface area contributed by atoms with E-state index in [9.17, 15) is 5.11 Å². The van der Waals surface area contributed by atoms with Crippen molar-refractivity contribution in [2.24, 2.45) is 11.5 Å². The van der Waals surface area contributed by atoms with E-state index in [0.717, 1.165) is 35.2 Å². The monoisotopic (exact) mass is 344 g/mol. The fourth-order valence-corrected chi connectivity index (χ4v) is 3.89. The molecule has 1 aliphatic rings. The van der Waals surface area contributed by atoms with Crippen molar-refractivity contribution in [2.45, 2.75) is 19.4 Å². The number of fused-ring (bicyclic) bond motifs is 1. The van der Waals surface area contributed by atoms with Crippen molar-refractivity contribution in [3.63, 3.8) is 0 Å². The number of likely N-dealkylation sites (N-methyl/N-ethyl adjacent to an activating group) is 1. The average molecular weight is 344 g/mol. The lowest BCUT2D eigenvalue weighted by Gasteiger charge is -2.15. The Labute approximate surface area is 146 Å². The third-order valence-corrected chi connectivity index (χ3v) is 5.34. The van der Waals surface area contributed by atoms with Gasteiger partial charge < -0.3 is 26.8 Å². The first-order valence-electron chi connectivity index (χ1n) is 8.04. The van der Waals surface area contributed by atoms with Gasteiger partial charge in [0, 0.05) is 33.9 Å². The molecule has 2 aromatic rings. The predicted molar refractivity (Wildman–Crippen MR) is 102 cm³/mol. The van der Waals surface area contributed by atoms with Gasteiger partial charge in [0.15, 0.2) is 0 Å². The summed E-state index contributed by atoms with van der Waals surface area (Å²) < 4.78 is 1.05. The molecular weight excluding hydrogens is 320 g/mol. The molecule has 0 aliphatic carbocycles. The quantitative estimate of drug-likeness (QED) is 0.640. The third kappa shape index (κ3) is 3.34. The number of rotatable bonds is 4. The number of likely N-dealkylation sites (tertiary alicyclic amines) is 1. The van der Waals surface area contributed by atoms with Gasteiger partial charge in [-0.3, -0.25) is 0 Å². The number of thiophene rings is 1. The normalized spacial score (nSPS) is 20.4. The van der Waals surface area contributed by atoms with Crippen molar-refractivity contribution in [1.29, 1.82) is 0 Å². The van der Waals surface area contributed by atoms with Crippen LogP contribution in [0.15, 0.2) is 41.0 Å². The number of phenols is 1. The highest BCUT2D eigenvalue weighted by atomic mass is 32.1. The second-order valence-electron chi connectivity index (χ2n) is 6.38. The Hall–Kier alpha value is -2.18. The van der Waals surface area contributed by atoms with E-state index in [1.165, 1.54) is 0 Å². The van der Waals surface area contributed by atoms with E-state index in [1.807, 2.05) is 36.6 Å². The molecule has 0 saturated carbocycles. The van der Waals surface area contributed by atoms with E-state index >= 15 is 0 Å². The molecule has 128 valence electrons. The van der Waals surface area contributed by atoms with Crippen LogP contribution in [0.25, 0.3) is 15.8 Å².